The fourth-order valence-electron chi connectivity index (χ4n) is 3.63. The molecule has 27 heavy (non-hydrogen) atoms. The summed E-state index contributed by atoms with van der Waals surface area (Å²) in [7, 11) is 0. The molecule has 1 aliphatic rings. The summed E-state index contributed by atoms with van der Waals surface area (Å²) < 4.78 is 45.6. The van der Waals surface area contributed by atoms with Gasteiger partial charge in [-0.05, 0) is 50.9 Å². The van der Waals surface area contributed by atoms with Gasteiger partial charge < -0.3 is 10.5 Å². The zero-order valence-corrected chi connectivity index (χ0v) is 16.3. The molecule has 0 saturated carbocycles. The van der Waals surface area contributed by atoms with Crippen molar-refractivity contribution in [3.05, 3.63) is 28.6 Å². The topological polar surface area (TPSA) is 51.4 Å². The number of thiazole rings is 1. The third kappa shape index (κ3) is 4.38. The molecule has 1 aromatic carbocycles. The lowest BCUT2D eigenvalue weighted by Crippen LogP contribution is -2.28. The predicted octanol–water partition coefficient (Wildman–Crippen LogP) is 5.18. The molecule has 4 nitrogen and oxygen atoms in total. The number of nitrogens with two attached hydrogens (primary N) is 1. The molecule has 1 aromatic heterocycles. The van der Waals surface area contributed by atoms with Crippen LogP contribution in [-0.4, -0.2) is 29.1 Å². The van der Waals surface area contributed by atoms with Crippen LogP contribution in [0.4, 0.5) is 18.3 Å². The van der Waals surface area contributed by atoms with Gasteiger partial charge in [-0.25, -0.2) is 4.98 Å². The normalized spacial score (nSPS) is 18.2. The highest BCUT2D eigenvalue weighted by Gasteiger charge is 2.35. The van der Waals surface area contributed by atoms with Gasteiger partial charge in [-0.1, -0.05) is 6.92 Å². The maximum atomic E-state index is 13.5. The first-order chi connectivity index (χ1) is 12.8. The molecule has 0 spiro atoms. The van der Waals surface area contributed by atoms with E-state index in [0.717, 1.165) is 36.8 Å². The van der Waals surface area contributed by atoms with Gasteiger partial charge in [0.25, 0.3) is 0 Å². The number of nitrogens with zero attached hydrogens (tertiary/aromatic N) is 2. The summed E-state index contributed by atoms with van der Waals surface area (Å²) in [6.07, 6.45) is -1.14. The largest absolute Gasteiger partial charge is 0.493 e. The van der Waals surface area contributed by atoms with E-state index in [1.165, 1.54) is 17.4 Å². The number of halogens is 3. The zero-order valence-electron chi connectivity index (χ0n) is 15.5. The van der Waals surface area contributed by atoms with Crippen LogP contribution in [0.2, 0.25) is 0 Å². The lowest BCUT2D eigenvalue weighted by atomic mass is 10.1. The average molecular weight is 399 g/mol. The van der Waals surface area contributed by atoms with Crippen LogP contribution in [0.1, 0.15) is 43.6 Å². The number of ether oxygens (including phenoxy) is 1. The predicted molar refractivity (Wildman–Crippen MR) is 102 cm³/mol. The molecule has 2 N–H and O–H groups in total. The van der Waals surface area contributed by atoms with E-state index in [1.807, 2.05) is 0 Å². The number of anilines is 1. The van der Waals surface area contributed by atoms with Crippen LogP contribution in [-0.2, 0) is 12.7 Å². The van der Waals surface area contributed by atoms with Gasteiger partial charge in [0, 0.05) is 23.0 Å². The summed E-state index contributed by atoms with van der Waals surface area (Å²) in [6.45, 7) is 5.65. The molecule has 2 heterocycles. The second kappa shape index (κ2) is 8.06. The smallest absolute Gasteiger partial charge is 0.419 e. The minimum Gasteiger partial charge on any atom is -0.493 e. The Morgan fingerprint density at radius 1 is 1.33 bits per heavy atom. The van der Waals surface area contributed by atoms with Crippen molar-refractivity contribution < 1.29 is 17.9 Å². The molecule has 0 bridgehead atoms. The van der Waals surface area contributed by atoms with E-state index in [4.69, 9.17) is 10.5 Å². The molecule has 0 amide bonds. The Bertz CT molecular complexity index is 791. The van der Waals surface area contributed by atoms with Gasteiger partial charge in [0.05, 0.1) is 17.9 Å². The Morgan fingerprint density at radius 2 is 2.11 bits per heavy atom. The third-order valence-electron chi connectivity index (χ3n) is 4.89. The maximum Gasteiger partial charge on any atom is 0.419 e. The summed E-state index contributed by atoms with van der Waals surface area (Å²) in [4.78, 5) is 7.61. The van der Waals surface area contributed by atoms with Crippen LogP contribution in [0, 0.1) is 0 Å². The highest BCUT2D eigenvalue weighted by atomic mass is 32.1. The first-order valence-corrected chi connectivity index (χ1v) is 9.98. The number of nitrogen functional groups attached to an aromatic ring is 1. The number of likely N-dealkylation sites (tertiary alicyclic amines) is 1. The number of alkyl halides is 3. The van der Waals surface area contributed by atoms with Gasteiger partial charge >= 0.3 is 6.18 Å². The molecule has 1 atom stereocenters. The first kappa shape index (κ1) is 19.9. The third-order valence-corrected chi connectivity index (χ3v) is 5.76. The molecule has 2 aromatic rings. The molecule has 1 saturated heterocycles. The summed E-state index contributed by atoms with van der Waals surface area (Å²) in [6, 6.07) is 4.61. The number of hydrogen-bond acceptors (Lipinski definition) is 5. The van der Waals surface area contributed by atoms with Crippen molar-refractivity contribution in [3.8, 4) is 17.0 Å². The fraction of sp³-hybridized carbons (Fsp3) is 0.526. The Kier molecular flexibility index (Phi) is 5.95. The molecule has 0 radical (unpaired) electrons. The number of rotatable bonds is 6. The van der Waals surface area contributed by atoms with Crippen molar-refractivity contribution in [2.75, 3.05) is 18.9 Å². The molecule has 8 heteroatoms. The molecular weight excluding hydrogens is 375 g/mol. The summed E-state index contributed by atoms with van der Waals surface area (Å²) >= 11 is 1.35. The Hall–Kier alpha value is -1.80. The van der Waals surface area contributed by atoms with Crippen LogP contribution in [0.3, 0.4) is 0 Å². The van der Waals surface area contributed by atoms with E-state index >= 15 is 0 Å². The van der Waals surface area contributed by atoms with Crippen molar-refractivity contribution in [1.82, 2.24) is 9.88 Å². The van der Waals surface area contributed by atoms with Gasteiger partial charge in [0.1, 0.15) is 5.75 Å². The molecular formula is C19H24F3N3OS. The second-order valence-corrected chi connectivity index (χ2v) is 7.76. The van der Waals surface area contributed by atoms with Gasteiger partial charge in [-0.2, -0.15) is 13.2 Å². The highest BCUT2D eigenvalue weighted by Crippen LogP contribution is 2.40. The van der Waals surface area contributed by atoms with E-state index in [2.05, 4.69) is 16.8 Å². The summed E-state index contributed by atoms with van der Waals surface area (Å²) in [5.41, 5.74) is 6.07. The maximum absolute atomic E-state index is 13.5. The van der Waals surface area contributed by atoms with Crippen LogP contribution >= 0.6 is 11.3 Å². The van der Waals surface area contributed by atoms with Crippen molar-refractivity contribution in [3.63, 3.8) is 0 Å². The van der Waals surface area contributed by atoms with E-state index in [1.54, 1.807) is 13.0 Å². The van der Waals surface area contributed by atoms with E-state index < -0.39 is 11.7 Å². The van der Waals surface area contributed by atoms with E-state index in [0.29, 0.717) is 29.0 Å². The molecule has 1 unspecified atom stereocenters. The molecule has 148 valence electrons. The Morgan fingerprint density at radius 3 is 2.78 bits per heavy atom. The first-order valence-electron chi connectivity index (χ1n) is 9.17. The minimum absolute atomic E-state index is 0.163. The van der Waals surface area contributed by atoms with E-state index in [-0.39, 0.29) is 12.4 Å². The number of aromatic nitrogens is 1. The van der Waals surface area contributed by atoms with Crippen molar-refractivity contribution in [1.29, 1.82) is 0 Å². The van der Waals surface area contributed by atoms with Crippen LogP contribution in [0.25, 0.3) is 11.3 Å². The van der Waals surface area contributed by atoms with Crippen LogP contribution in [0.5, 0.6) is 5.75 Å². The van der Waals surface area contributed by atoms with Crippen LogP contribution < -0.4 is 10.5 Å². The number of hydrogen-bond donors (Lipinski definition) is 1. The van der Waals surface area contributed by atoms with Crippen LogP contribution in [0.15, 0.2) is 18.2 Å². The van der Waals surface area contributed by atoms with E-state index in [9.17, 15) is 13.2 Å². The van der Waals surface area contributed by atoms with Gasteiger partial charge in [-0.15, -0.1) is 11.3 Å². The lowest BCUT2D eigenvalue weighted by Gasteiger charge is -2.23. The second-order valence-electron chi connectivity index (χ2n) is 6.64. The molecule has 1 aliphatic heterocycles. The van der Waals surface area contributed by atoms with Crippen molar-refractivity contribution in [2.24, 2.45) is 0 Å². The lowest BCUT2D eigenvalue weighted by molar-refractivity contribution is -0.138. The summed E-state index contributed by atoms with van der Waals surface area (Å²) in [5.74, 6) is -0.163. The molecule has 0 aliphatic carbocycles. The van der Waals surface area contributed by atoms with Gasteiger partial charge in [0.15, 0.2) is 5.13 Å². The van der Waals surface area contributed by atoms with Crippen molar-refractivity contribution in [2.45, 2.75) is 51.9 Å². The van der Waals surface area contributed by atoms with Gasteiger partial charge in [0.2, 0.25) is 0 Å². The summed E-state index contributed by atoms with van der Waals surface area (Å²) in [5, 5.41) is 0.370. The Balaban J connectivity index is 1.97. The van der Waals surface area contributed by atoms with Gasteiger partial charge in [-0.3, -0.25) is 4.90 Å². The fourth-order valence-corrected chi connectivity index (χ4v) is 4.51. The SMILES string of the molecule is CCOc1ccc(-c2nc(N)sc2CN2CCCC2CC)cc1C(F)(F)F. The molecule has 1 fully saturated rings. The quantitative estimate of drug-likeness (QED) is 0.727. The average Bonchev–Trinajstić information content (AvgIpc) is 3.21. The monoisotopic (exact) mass is 399 g/mol. The Labute approximate surface area is 161 Å². The standard InChI is InChI=1S/C19H24F3N3OS/c1-3-13-6-5-9-25(13)11-16-17(24-18(23)27-16)12-7-8-15(26-4-2)14(10-12)19(20,21)22/h7-8,10,13H,3-6,9,11H2,1-2H3,(H2,23,24). The number of benzene rings is 1. The molecule has 3 rings (SSSR count). The zero-order chi connectivity index (χ0) is 19.6. The highest BCUT2D eigenvalue weighted by molar-refractivity contribution is 7.15. The minimum atomic E-state index is -4.50. The van der Waals surface area contributed by atoms with Crippen molar-refractivity contribution >= 4 is 16.5 Å².